The fourth-order valence-electron chi connectivity index (χ4n) is 4.00. The quantitative estimate of drug-likeness (QED) is 0.412. The van der Waals surface area contributed by atoms with Gasteiger partial charge >= 0.3 is 0 Å². The predicted octanol–water partition coefficient (Wildman–Crippen LogP) is 4.34. The molecule has 168 valence electrons. The number of aromatic amines is 1. The number of nitriles is 1. The first kappa shape index (κ1) is 21.5. The summed E-state index contributed by atoms with van der Waals surface area (Å²) in [6, 6.07) is 17.4. The summed E-state index contributed by atoms with van der Waals surface area (Å²) in [6.45, 7) is 5.78. The van der Waals surface area contributed by atoms with E-state index in [0.29, 0.717) is 23.5 Å². The fourth-order valence-corrected chi connectivity index (χ4v) is 4.00. The van der Waals surface area contributed by atoms with Crippen molar-refractivity contribution in [3.63, 3.8) is 0 Å². The maximum Gasteiger partial charge on any atom is 0.138 e. The van der Waals surface area contributed by atoms with Crippen LogP contribution in [0.3, 0.4) is 0 Å². The normalized spacial score (nSPS) is 11.6. The topological polar surface area (TPSA) is 116 Å². The predicted molar refractivity (Wildman–Crippen MR) is 129 cm³/mol. The van der Waals surface area contributed by atoms with Crippen molar-refractivity contribution >= 4 is 11.0 Å². The van der Waals surface area contributed by atoms with Gasteiger partial charge in [-0.2, -0.15) is 5.26 Å². The van der Waals surface area contributed by atoms with Crippen LogP contribution in [0.1, 0.15) is 36.4 Å². The highest BCUT2D eigenvalue weighted by Crippen LogP contribution is 2.32. The van der Waals surface area contributed by atoms with Gasteiger partial charge in [-0.3, -0.25) is 4.98 Å². The summed E-state index contributed by atoms with van der Waals surface area (Å²) in [5, 5.41) is 29.4. The average Bonchev–Trinajstić information content (AvgIpc) is 3.48. The Bertz CT molecular complexity index is 1550. The second-order valence-corrected chi connectivity index (χ2v) is 8.76. The Morgan fingerprint density at radius 1 is 1.06 bits per heavy atom. The molecule has 34 heavy (non-hydrogen) atoms. The summed E-state index contributed by atoms with van der Waals surface area (Å²) in [5.41, 5.74) is 5.88. The van der Waals surface area contributed by atoms with E-state index in [1.165, 1.54) is 0 Å². The lowest BCUT2D eigenvalue weighted by Gasteiger charge is -2.17. The molecule has 0 saturated carbocycles. The first-order chi connectivity index (χ1) is 16.3. The number of hydrogen-bond donors (Lipinski definition) is 2. The van der Waals surface area contributed by atoms with Gasteiger partial charge in [-0.25, -0.2) is 9.67 Å². The smallest absolute Gasteiger partial charge is 0.138 e. The number of aromatic nitrogens is 6. The molecule has 4 heterocycles. The lowest BCUT2D eigenvalue weighted by atomic mass is 9.98. The van der Waals surface area contributed by atoms with E-state index in [1.807, 2.05) is 55.7 Å². The van der Waals surface area contributed by atoms with Crippen LogP contribution < -0.4 is 0 Å². The van der Waals surface area contributed by atoms with E-state index in [9.17, 15) is 10.4 Å². The molecule has 8 nitrogen and oxygen atoms in total. The van der Waals surface area contributed by atoms with E-state index in [2.05, 4.69) is 26.3 Å². The summed E-state index contributed by atoms with van der Waals surface area (Å²) >= 11 is 0. The number of benzene rings is 1. The monoisotopic (exact) mass is 449 g/mol. The second-order valence-electron chi connectivity index (χ2n) is 8.76. The SMILES string of the molecule is Cc1c(C#N)cccc1-c1cc(-c2cn(Cc3cccc(C(C)(C)O)n3)nn2)c2cc[nH]c2n1. The highest BCUT2D eigenvalue weighted by Gasteiger charge is 2.18. The number of hydrogen-bond acceptors (Lipinski definition) is 6. The van der Waals surface area contributed by atoms with Gasteiger partial charge in [0.1, 0.15) is 16.9 Å². The van der Waals surface area contributed by atoms with Gasteiger partial charge in [0.2, 0.25) is 0 Å². The Balaban J connectivity index is 1.54. The van der Waals surface area contributed by atoms with Crippen LogP contribution in [0.15, 0.2) is 60.9 Å². The molecule has 0 aliphatic heterocycles. The molecule has 0 spiro atoms. The Labute approximate surface area is 196 Å². The minimum absolute atomic E-state index is 0.425. The Morgan fingerprint density at radius 2 is 1.88 bits per heavy atom. The van der Waals surface area contributed by atoms with E-state index >= 15 is 0 Å². The minimum atomic E-state index is -1.02. The number of aliphatic hydroxyl groups is 1. The van der Waals surface area contributed by atoms with Gasteiger partial charge in [-0.15, -0.1) is 5.10 Å². The van der Waals surface area contributed by atoms with Crippen molar-refractivity contribution in [2.75, 3.05) is 0 Å². The Morgan fingerprint density at radius 3 is 2.68 bits per heavy atom. The van der Waals surface area contributed by atoms with Gasteiger partial charge in [-0.1, -0.05) is 23.4 Å². The molecule has 1 aromatic carbocycles. The Hall–Kier alpha value is -4.35. The third-order valence-corrected chi connectivity index (χ3v) is 5.83. The minimum Gasteiger partial charge on any atom is -0.384 e. The van der Waals surface area contributed by atoms with Gasteiger partial charge in [0.05, 0.1) is 41.5 Å². The number of pyridine rings is 2. The van der Waals surface area contributed by atoms with Crippen molar-refractivity contribution < 1.29 is 5.11 Å². The van der Waals surface area contributed by atoms with Crippen molar-refractivity contribution in [3.8, 4) is 28.6 Å². The molecule has 0 atom stereocenters. The molecule has 5 rings (SSSR count). The molecule has 0 amide bonds. The summed E-state index contributed by atoms with van der Waals surface area (Å²) in [4.78, 5) is 12.5. The molecule has 0 unspecified atom stereocenters. The van der Waals surface area contributed by atoms with Crippen LogP contribution in [-0.2, 0) is 12.1 Å². The maximum absolute atomic E-state index is 10.3. The molecule has 0 aliphatic carbocycles. The zero-order valence-corrected chi connectivity index (χ0v) is 19.1. The molecule has 0 saturated heterocycles. The second kappa shape index (κ2) is 8.21. The maximum atomic E-state index is 10.3. The lowest BCUT2D eigenvalue weighted by molar-refractivity contribution is 0.0736. The van der Waals surface area contributed by atoms with Crippen LogP contribution in [0.4, 0.5) is 0 Å². The van der Waals surface area contributed by atoms with Gasteiger partial charge in [0.25, 0.3) is 0 Å². The summed E-state index contributed by atoms with van der Waals surface area (Å²) in [7, 11) is 0. The highest BCUT2D eigenvalue weighted by molar-refractivity contribution is 5.94. The molecule has 8 heteroatoms. The van der Waals surface area contributed by atoms with Crippen LogP contribution in [0.2, 0.25) is 0 Å². The molecular weight excluding hydrogens is 426 g/mol. The van der Waals surface area contributed by atoms with Crippen molar-refractivity contribution in [2.45, 2.75) is 32.9 Å². The van der Waals surface area contributed by atoms with Gasteiger partial charge < -0.3 is 10.1 Å². The summed E-state index contributed by atoms with van der Waals surface area (Å²) < 4.78 is 1.73. The van der Waals surface area contributed by atoms with Crippen molar-refractivity contribution in [1.29, 1.82) is 5.26 Å². The van der Waals surface area contributed by atoms with E-state index in [0.717, 1.165) is 39.1 Å². The zero-order valence-electron chi connectivity index (χ0n) is 19.1. The standard InChI is InChI=1S/C26H23N7O/c1-16-17(13-27)6-4-8-19(16)22-12-21(20-10-11-28-25(20)30-22)23-15-33(32-31-23)14-18-7-5-9-24(29-18)26(2,3)34/h4-12,15,34H,14H2,1-3H3,(H,28,30). The molecular formula is C26H23N7O. The molecule has 0 radical (unpaired) electrons. The number of rotatable bonds is 5. The summed E-state index contributed by atoms with van der Waals surface area (Å²) in [6.07, 6.45) is 3.72. The third kappa shape index (κ3) is 3.93. The van der Waals surface area contributed by atoms with Crippen LogP contribution in [0, 0.1) is 18.3 Å². The lowest BCUT2D eigenvalue weighted by Crippen LogP contribution is -2.18. The van der Waals surface area contributed by atoms with Crippen LogP contribution in [0.25, 0.3) is 33.5 Å². The van der Waals surface area contributed by atoms with Crippen LogP contribution in [0.5, 0.6) is 0 Å². The number of nitrogens with one attached hydrogen (secondary N) is 1. The number of nitrogens with zero attached hydrogens (tertiary/aromatic N) is 6. The highest BCUT2D eigenvalue weighted by atomic mass is 16.3. The molecule has 5 aromatic rings. The van der Waals surface area contributed by atoms with E-state index in [-0.39, 0.29) is 0 Å². The fraction of sp³-hybridized carbons (Fsp3) is 0.192. The van der Waals surface area contributed by atoms with E-state index in [4.69, 9.17) is 4.98 Å². The first-order valence-corrected chi connectivity index (χ1v) is 10.9. The Kier molecular flexibility index (Phi) is 5.19. The van der Waals surface area contributed by atoms with Gasteiger partial charge in [-0.05, 0) is 56.7 Å². The van der Waals surface area contributed by atoms with E-state index < -0.39 is 5.60 Å². The third-order valence-electron chi connectivity index (χ3n) is 5.83. The number of H-pyrrole nitrogens is 1. The van der Waals surface area contributed by atoms with Crippen molar-refractivity contribution in [3.05, 3.63) is 83.4 Å². The first-order valence-electron chi connectivity index (χ1n) is 10.9. The van der Waals surface area contributed by atoms with Gasteiger partial charge in [0, 0.05) is 22.7 Å². The van der Waals surface area contributed by atoms with Crippen LogP contribution in [-0.4, -0.2) is 35.1 Å². The molecule has 2 N–H and O–H groups in total. The zero-order chi connectivity index (χ0) is 23.9. The average molecular weight is 450 g/mol. The van der Waals surface area contributed by atoms with Crippen LogP contribution >= 0.6 is 0 Å². The molecule has 0 aliphatic rings. The summed E-state index contributed by atoms with van der Waals surface area (Å²) in [5.74, 6) is 0. The molecule has 0 fully saturated rings. The largest absolute Gasteiger partial charge is 0.384 e. The molecule has 0 bridgehead atoms. The van der Waals surface area contributed by atoms with Gasteiger partial charge in [0.15, 0.2) is 0 Å². The molecule has 4 aromatic heterocycles. The van der Waals surface area contributed by atoms with Crippen molar-refractivity contribution in [1.82, 2.24) is 29.9 Å². The number of fused-ring (bicyclic) bond motifs is 1. The van der Waals surface area contributed by atoms with E-state index in [1.54, 1.807) is 30.7 Å². The van der Waals surface area contributed by atoms with Crippen molar-refractivity contribution in [2.24, 2.45) is 0 Å².